The maximum absolute atomic E-state index is 11.8. The van der Waals surface area contributed by atoms with Crippen molar-refractivity contribution in [3.05, 3.63) is 42.7 Å². The van der Waals surface area contributed by atoms with Crippen LogP contribution in [-0.2, 0) is 16.1 Å². The minimum atomic E-state index is -0.285. The SMILES string of the molecule is C=C(C)C(=O)OC(CCCCCCCC)C[n+]1ccccc1.[Cl-]. The highest BCUT2D eigenvalue weighted by Gasteiger charge is 2.19. The molecule has 0 saturated carbocycles. The number of halogens is 1. The molecule has 23 heavy (non-hydrogen) atoms. The molecule has 1 rings (SSSR count). The Bertz CT molecular complexity index is 448. The molecule has 1 unspecified atom stereocenters. The zero-order chi connectivity index (χ0) is 16.2. The van der Waals surface area contributed by atoms with Crippen LogP contribution < -0.4 is 17.0 Å². The second-order valence-corrected chi connectivity index (χ2v) is 5.94. The number of hydrogen-bond acceptors (Lipinski definition) is 2. The van der Waals surface area contributed by atoms with E-state index in [-0.39, 0.29) is 24.5 Å². The van der Waals surface area contributed by atoms with Crippen molar-refractivity contribution in [2.45, 2.75) is 71.4 Å². The van der Waals surface area contributed by atoms with E-state index in [1.807, 2.05) is 30.6 Å². The third-order valence-electron chi connectivity index (χ3n) is 3.69. The summed E-state index contributed by atoms with van der Waals surface area (Å²) >= 11 is 0. The predicted octanol–water partition coefficient (Wildman–Crippen LogP) is 1.22. The van der Waals surface area contributed by atoms with E-state index in [0.717, 1.165) is 12.8 Å². The van der Waals surface area contributed by atoms with Crippen molar-refractivity contribution < 1.29 is 26.5 Å². The third kappa shape index (κ3) is 10.1. The van der Waals surface area contributed by atoms with E-state index >= 15 is 0 Å². The standard InChI is InChI=1S/C19H30NO2.ClH/c1-4-5-6-7-8-10-13-18(22-19(21)17(2)3)16-20-14-11-9-12-15-20;/h9,11-12,14-15,18H,2,4-8,10,13,16H2,1,3H3;1H/q+1;/p-1. The highest BCUT2D eigenvalue weighted by atomic mass is 35.5. The van der Waals surface area contributed by atoms with Gasteiger partial charge in [-0.1, -0.05) is 51.7 Å². The fourth-order valence-electron chi connectivity index (χ4n) is 2.38. The monoisotopic (exact) mass is 339 g/mol. The number of ether oxygens (including phenoxy) is 1. The number of esters is 1. The molecule has 4 heteroatoms. The van der Waals surface area contributed by atoms with Gasteiger partial charge in [-0.05, 0) is 19.8 Å². The van der Waals surface area contributed by atoms with Crippen molar-refractivity contribution in [1.29, 1.82) is 0 Å². The van der Waals surface area contributed by atoms with E-state index in [0.29, 0.717) is 12.1 Å². The second-order valence-electron chi connectivity index (χ2n) is 5.94. The van der Waals surface area contributed by atoms with Gasteiger partial charge in [0.1, 0.15) is 0 Å². The van der Waals surface area contributed by atoms with Gasteiger partial charge in [0.2, 0.25) is 0 Å². The minimum absolute atomic E-state index is 0. The molecular weight excluding hydrogens is 310 g/mol. The molecule has 0 bridgehead atoms. The van der Waals surface area contributed by atoms with Crippen molar-refractivity contribution in [1.82, 2.24) is 0 Å². The number of hydrogen-bond donors (Lipinski definition) is 0. The van der Waals surface area contributed by atoms with Crippen LogP contribution in [0.1, 0.15) is 58.8 Å². The molecule has 0 aliphatic rings. The van der Waals surface area contributed by atoms with Gasteiger partial charge in [0, 0.05) is 17.7 Å². The van der Waals surface area contributed by atoms with E-state index in [9.17, 15) is 4.79 Å². The molecule has 1 aromatic heterocycles. The number of carbonyl (C=O) groups is 1. The molecule has 1 heterocycles. The molecule has 0 aliphatic carbocycles. The molecule has 130 valence electrons. The lowest BCUT2D eigenvalue weighted by molar-refractivity contribution is -0.703. The van der Waals surface area contributed by atoms with Gasteiger partial charge in [-0.2, -0.15) is 0 Å². The molecular formula is C19H30ClNO2. The van der Waals surface area contributed by atoms with Crippen LogP contribution in [0.5, 0.6) is 0 Å². The molecule has 0 amide bonds. The second kappa shape index (κ2) is 13.1. The van der Waals surface area contributed by atoms with Crippen LogP contribution in [0, 0.1) is 0 Å². The molecule has 0 radical (unpaired) electrons. The van der Waals surface area contributed by atoms with Crippen LogP contribution in [-0.4, -0.2) is 12.1 Å². The van der Waals surface area contributed by atoms with E-state index in [2.05, 4.69) is 18.1 Å². The van der Waals surface area contributed by atoms with Gasteiger partial charge in [-0.25, -0.2) is 9.36 Å². The number of nitrogens with zero attached hydrogens (tertiary/aromatic N) is 1. The fourth-order valence-corrected chi connectivity index (χ4v) is 2.38. The number of rotatable bonds is 11. The van der Waals surface area contributed by atoms with Gasteiger partial charge in [0.05, 0.1) is 0 Å². The molecule has 3 nitrogen and oxygen atoms in total. The van der Waals surface area contributed by atoms with Crippen LogP contribution in [0.2, 0.25) is 0 Å². The van der Waals surface area contributed by atoms with Crippen LogP contribution in [0.25, 0.3) is 0 Å². The lowest BCUT2D eigenvalue weighted by Gasteiger charge is -2.15. The Balaban J connectivity index is 0.00000484. The largest absolute Gasteiger partial charge is 1.00 e. The van der Waals surface area contributed by atoms with Crippen molar-refractivity contribution in [3.63, 3.8) is 0 Å². The fraction of sp³-hybridized carbons (Fsp3) is 0.579. The zero-order valence-electron chi connectivity index (χ0n) is 14.5. The average molecular weight is 340 g/mol. The Morgan fingerprint density at radius 1 is 1.09 bits per heavy atom. The topological polar surface area (TPSA) is 30.2 Å². The predicted molar refractivity (Wildman–Crippen MR) is 89.3 cm³/mol. The van der Waals surface area contributed by atoms with E-state index < -0.39 is 0 Å². The van der Waals surface area contributed by atoms with E-state index in [4.69, 9.17) is 4.74 Å². The van der Waals surface area contributed by atoms with Gasteiger partial charge < -0.3 is 17.1 Å². The Kier molecular flexibility index (Phi) is 12.4. The van der Waals surface area contributed by atoms with Crippen molar-refractivity contribution in [2.24, 2.45) is 0 Å². The van der Waals surface area contributed by atoms with Gasteiger partial charge in [0.15, 0.2) is 25.0 Å². The summed E-state index contributed by atoms with van der Waals surface area (Å²) in [5.41, 5.74) is 0.464. The summed E-state index contributed by atoms with van der Waals surface area (Å²) in [6.45, 7) is 8.29. The molecule has 0 spiro atoms. The van der Waals surface area contributed by atoms with Gasteiger partial charge in [0.25, 0.3) is 0 Å². The van der Waals surface area contributed by atoms with E-state index in [1.54, 1.807) is 6.92 Å². The maximum Gasteiger partial charge on any atom is 0.333 e. The number of aromatic nitrogens is 1. The molecule has 0 saturated heterocycles. The number of pyridine rings is 1. The third-order valence-corrected chi connectivity index (χ3v) is 3.69. The maximum atomic E-state index is 11.8. The molecule has 1 aromatic rings. The molecule has 0 N–H and O–H groups in total. The first kappa shape index (κ1) is 21.6. The summed E-state index contributed by atoms with van der Waals surface area (Å²) in [6, 6.07) is 5.96. The Morgan fingerprint density at radius 3 is 2.30 bits per heavy atom. The van der Waals surface area contributed by atoms with Gasteiger partial charge in [-0.3, -0.25) is 0 Å². The zero-order valence-corrected chi connectivity index (χ0v) is 15.2. The smallest absolute Gasteiger partial charge is 0.333 e. The van der Waals surface area contributed by atoms with Crippen molar-refractivity contribution in [2.75, 3.05) is 0 Å². The number of unbranched alkanes of at least 4 members (excludes halogenated alkanes) is 5. The Morgan fingerprint density at radius 2 is 1.70 bits per heavy atom. The lowest BCUT2D eigenvalue weighted by atomic mass is 10.1. The van der Waals surface area contributed by atoms with E-state index in [1.165, 1.54) is 32.1 Å². The Labute approximate surface area is 147 Å². The molecule has 1 atom stereocenters. The van der Waals surface area contributed by atoms with Crippen LogP contribution in [0.3, 0.4) is 0 Å². The first-order valence-corrected chi connectivity index (χ1v) is 8.44. The summed E-state index contributed by atoms with van der Waals surface area (Å²) in [6.07, 6.45) is 12.3. The highest BCUT2D eigenvalue weighted by molar-refractivity contribution is 5.87. The summed E-state index contributed by atoms with van der Waals surface area (Å²) in [7, 11) is 0. The Hall–Kier alpha value is -1.35. The van der Waals surface area contributed by atoms with Crippen LogP contribution in [0.4, 0.5) is 0 Å². The minimum Gasteiger partial charge on any atom is -1.00 e. The van der Waals surface area contributed by atoms with Gasteiger partial charge in [-0.15, -0.1) is 0 Å². The summed E-state index contributed by atoms with van der Waals surface area (Å²) in [5.74, 6) is -0.285. The molecule has 0 aliphatic heterocycles. The molecule has 0 aromatic carbocycles. The normalized spacial score (nSPS) is 11.4. The van der Waals surface area contributed by atoms with Crippen LogP contribution >= 0.6 is 0 Å². The van der Waals surface area contributed by atoms with Gasteiger partial charge >= 0.3 is 5.97 Å². The number of carbonyl (C=O) groups excluding carboxylic acids is 1. The quantitative estimate of drug-likeness (QED) is 0.263. The average Bonchev–Trinajstić information content (AvgIpc) is 2.51. The summed E-state index contributed by atoms with van der Waals surface area (Å²) in [5, 5.41) is 0. The highest BCUT2D eigenvalue weighted by Crippen LogP contribution is 2.12. The first-order chi connectivity index (χ1) is 10.6. The van der Waals surface area contributed by atoms with Crippen molar-refractivity contribution >= 4 is 5.97 Å². The summed E-state index contributed by atoms with van der Waals surface area (Å²) < 4.78 is 7.65. The lowest BCUT2D eigenvalue weighted by Crippen LogP contribution is -3.00. The summed E-state index contributed by atoms with van der Waals surface area (Å²) in [4.78, 5) is 11.8. The molecule has 0 fully saturated rings. The van der Waals surface area contributed by atoms with Crippen molar-refractivity contribution in [3.8, 4) is 0 Å². The van der Waals surface area contributed by atoms with Crippen LogP contribution in [0.15, 0.2) is 42.7 Å². The first-order valence-electron chi connectivity index (χ1n) is 8.44.